The van der Waals surface area contributed by atoms with Crippen LogP contribution in [0.25, 0.3) is 0 Å². The topological polar surface area (TPSA) is 55.6 Å². The second kappa shape index (κ2) is 4.99. The number of carbonyl (C=O) groups excluding carboxylic acids is 1. The van der Waals surface area contributed by atoms with Crippen LogP contribution in [0.4, 0.5) is 9.18 Å². The molecule has 4 nitrogen and oxygen atoms in total. The average molecular weight is 232 g/mol. The molecule has 2 atom stereocenters. The Labute approximate surface area is 95.9 Å². The molecule has 0 aromatic carbocycles. The van der Waals surface area contributed by atoms with Crippen molar-refractivity contribution >= 4 is 6.09 Å². The van der Waals surface area contributed by atoms with E-state index in [1.54, 1.807) is 4.90 Å². The zero-order valence-corrected chi connectivity index (χ0v) is 10.2. The van der Waals surface area contributed by atoms with Gasteiger partial charge in [0, 0.05) is 25.0 Å². The van der Waals surface area contributed by atoms with E-state index in [0.29, 0.717) is 19.5 Å². The lowest BCUT2D eigenvalue weighted by Crippen LogP contribution is -2.51. The molecular formula is C11H21FN2O2. The van der Waals surface area contributed by atoms with Crippen molar-refractivity contribution < 1.29 is 13.9 Å². The quantitative estimate of drug-likeness (QED) is 0.746. The summed E-state index contributed by atoms with van der Waals surface area (Å²) in [6, 6.07) is -0.149. The molecule has 0 aromatic heterocycles. The van der Waals surface area contributed by atoms with Gasteiger partial charge in [-0.25, -0.2) is 4.79 Å². The molecule has 1 amide bonds. The van der Waals surface area contributed by atoms with Crippen molar-refractivity contribution in [3.8, 4) is 0 Å². The second-order valence-electron chi connectivity index (χ2n) is 5.29. The minimum atomic E-state index is -0.512. The summed E-state index contributed by atoms with van der Waals surface area (Å²) in [5, 5.41) is 0. The summed E-state index contributed by atoms with van der Waals surface area (Å²) in [6.45, 7) is 5.85. The van der Waals surface area contributed by atoms with Crippen LogP contribution in [0.3, 0.4) is 0 Å². The normalized spacial score (nSPS) is 26.7. The molecule has 1 heterocycles. The van der Waals surface area contributed by atoms with E-state index in [0.717, 1.165) is 0 Å². The fraction of sp³-hybridized carbons (Fsp3) is 0.909. The van der Waals surface area contributed by atoms with Gasteiger partial charge in [0.1, 0.15) is 5.60 Å². The average Bonchev–Trinajstić information content (AvgIpc) is 2.15. The van der Waals surface area contributed by atoms with E-state index >= 15 is 0 Å². The summed E-state index contributed by atoms with van der Waals surface area (Å²) in [6.07, 6.45) is 0.256. The highest BCUT2D eigenvalue weighted by atomic mass is 19.1. The van der Waals surface area contributed by atoms with Crippen LogP contribution in [0.2, 0.25) is 0 Å². The highest BCUT2D eigenvalue weighted by Crippen LogP contribution is 2.18. The summed E-state index contributed by atoms with van der Waals surface area (Å²) in [7, 11) is 0. The third kappa shape index (κ3) is 3.63. The van der Waals surface area contributed by atoms with Gasteiger partial charge in [-0.1, -0.05) is 0 Å². The Kier molecular flexibility index (Phi) is 4.13. The van der Waals surface area contributed by atoms with Gasteiger partial charge in [0.2, 0.25) is 0 Å². The van der Waals surface area contributed by atoms with Gasteiger partial charge in [-0.05, 0) is 27.2 Å². The number of likely N-dealkylation sites (tertiary alicyclic amines) is 1. The van der Waals surface area contributed by atoms with Crippen LogP contribution < -0.4 is 5.73 Å². The molecule has 0 aliphatic carbocycles. The minimum Gasteiger partial charge on any atom is -0.444 e. The second-order valence-corrected chi connectivity index (χ2v) is 5.29. The van der Waals surface area contributed by atoms with E-state index in [1.165, 1.54) is 0 Å². The van der Waals surface area contributed by atoms with Gasteiger partial charge in [-0.2, -0.15) is 0 Å². The summed E-state index contributed by atoms with van der Waals surface area (Å²) in [4.78, 5) is 13.3. The molecule has 1 rings (SSSR count). The predicted molar refractivity (Wildman–Crippen MR) is 59.9 cm³/mol. The van der Waals surface area contributed by atoms with E-state index in [4.69, 9.17) is 10.5 Å². The molecule has 5 heteroatoms. The summed E-state index contributed by atoms with van der Waals surface area (Å²) in [5.41, 5.74) is 5.25. The van der Waals surface area contributed by atoms with Gasteiger partial charge in [-0.3, -0.25) is 4.39 Å². The Bertz CT molecular complexity index is 253. The maximum Gasteiger partial charge on any atom is 0.410 e. The molecule has 1 fully saturated rings. The van der Waals surface area contributed by atoms with Crippen LogP contribution in [0.5, 0.6) is 0 Å². The Morgan fingerprint density at radius 2 is 2.19 bits per heavy atom. The zero-order valence-electron chi connectivity index (χ0n) is 10.2. The van der Waals surface area contributed by atoms with Crippen molar-refractivity contribution in [2.45, 2.75) is 38.8 Å². The lowest BCUT2D eigenvalue weighted by Gasteiger charge is -2.36. The van der Waals surface area contributed by atoms with Gasteiger partial charge in [0.25, 0.3) is 0 Å². The van der Waals surface area contributed by atoms with Crippen molar-refractivity contribution in [2.24, 2.45) is 11.7 Å². The first-order chi connectivity index (χ1) is 7.33. The molecule has 0 bridgehead atoms. The predicted octanol–water partition coefficient (Wildman–Crippen LogP) is 1.54. The lowest BCUT2D eigenvalue weighted by atomic mass is 9.94. The number of piperidine rings is 1. The van der Waals surface area contributed by atoms with Crippen molar-refractivity contribution in [3.63, 3.8) is 0 Å². The number of nitrogens with zero attached hydrogens (tertiary/aromatic N) is 1. The number of halogens is 1. The first-order valence-electron chi connectivity index (χ1n) is 5.63. The number of hydrogen-bond donors (Lipinski definition) is 1. The van der Waals surface area contributed by atoms with Crippen LogP contribution in [0.15, 0.2) is 0 Å². The zero-order chi connectivity index (χ0) is 12.3. The number of nitrogens with two attached hydrogens (primary N) is 1. The number of rotatable bonds is 1. The molecule has 0 radical (unpaired) electrons. The van der Waals surface area contributed by atoms with E-state index in [2.05, 4.69) is 0 Å². The van der Waals surface area contributed by atoms with Crippen LogP contribution in [0, 0.1) is 5.92 Å². The fourth-order valence-electron chi connectivity index (χ4n) is 1.71. The van der Waals surface area contributed by atoms with Crippen LogP contribution in [-0.2, 0) is 4.74 Å². The SMILES string of the molecule is CC(C)(C)OC(=O)N1CCC(N)C(CF)C1. The molecule has 0 saturated carbocycles. The van der Waals surface area contributed by atoms with Crippen LogP contribution in [0.1, 0.15) is 27.2 Å². The molecule has 94 valence electrons. The number of carbonyl (C=O) groups is 1. The fourth-order valence-corrected chi connectivity index (χ4v) is 1.71. The molecular weight excluding hydrogens is 211 g/mol. The monoisotopic (exact) mass is 232 g/mol. The third-order valence-corrected chi connectivity index (χ3v) is 2.64. The first kappa shape index (κ1) is 13.2. The maximum atomic E-state index is 12.6. The Morgan fingerprint density at radius 3 is 2.69 bits per heavy atom. The molecule has 16 heavy (non-hydrogen) atoms. The highest BCUT2D eigenvalue weighted by Gasteiger charge is 2.31. The Balaban J connectivity index is 2.52. The molecule has 0 spiro atoms. The Hall–Kier alpha value is -0.840. The number of hydrogen-bond acceptors (Lipinski definition) is 3. The van der Waals surface area contributed by atoms with Gasteiger partial charge in [-0.15, -0.1) is 0 Å². The largest absolute Gasteiger partial charge is 0.444 e. The number of ether oxygens (including phenoxy) is 1. The number of alkyl halides is 1. The van der Waals surface area contributed by atoms with Crippen molar-refractivity contribution in [1.82, 2.24) is 4.90 Å². The maximum absolute atomic E-state index is 12.6. The first-order valence-corrected chi connectivity index (χ1v) is 5.63. The van der Waals surface area contributed by atoms with Crippen LogP contribution >= 0.6 is 0 Å². The van der Waals surface area contributed by atoms with E-state index < -0.39 is 12.3 Å². The van der Waals surface area contributed by atoms with E-state index in [9.17, 15) is 9.18 Å². The summed E-state index contributed by atoms with van der Waals surface area (Å²) < 4.78 is 17.9. The van der Waals surface area contributed by atoms with Crippen LogP contribution in [-0.4, -0.2) is 42.4 Å². The molecule has 1 saturated heterocycles. The Morgan fingerprint density at radius 1 is 1.56 bits per heavy atom. The lowest BCUT2D eigenvalue weighted by molar-refractivity contribution is 0.0134. The molecule has 2 N–H and O–H groups in total. The summed E-state index contributed by atoms with van der Waals surface area (Å²) >= 11 is 0. The van der Waals surface area contributed by atoms with Crippen molar-refractivity contribution in [1.29, 1.82) is 0 Å². The molecule has 1 aliphatic rings. The van der Waals surface area contributed by atoms with Gasteiger partial charge in [0.05, 0.1) is 6.67 Å². The summed E-state index contributed by atoms with van der Waals surface area (Å²) in [5.74, 6) is -0.263. The number of amides is 1. The van der Waals surface area contributed by atoms with Crippen molar-refractivity contribution in [3.05, 3.63) is 0 Å². The van der Waals surface area contributed by atoms with Gasteiger partial charge >= 0.3 is 6.09 Å². The third-order valence-electron chi connectivity index (χ3n) is 2.64. The van der Waals surface area contributed by atoms with E-state index in [1.807, 2.05) is 20.8 Å². The standard InChI is InChI=1S/C11H21FN2O2/c1-11(2,3)16-10(15)14-5-4-9(13)8(6-12)7-14/h8-9H,4-7,13H2,1-3H3. The highest BCUT2D eigenvalue weighted by molar-refractivity contribution is 5.68. The molecule has 1 aliphatic heterocycles. The molecule has 0 aromatic rings. The van der Waals surface area contributed by atoms with Gasteiger partial charge in [0.15, 0.2) is 0 Å². The minimum absolute atomic E-state index is 0.149. The van der Waals surface area contributed by atoms with E-state index in [-0.39, 0.29) is 18.1 Å². The van der Waals surface area contributed by atoms with Gasteiger partial charge < -0.3 is 15.4 Å². The molecule has 2 unspecified atom stereocenters. The smallest absolute Gasteiger partial charge is 0.410 e. The van der Waals surface area contributed by atoms with Crippen molar-refractivity contribution in [2.75, 3.05) is 19.8 Å².